The Kier molecular flexibility index (Phi) is 5.24. The molecule has 0 fully saturated rings. The minimum Gasteiger partial charge on any atom is -0.457 e. The van der Waals surface area contributed by atoms with Crippen molar-refractivity contribution in [3.8, 4) is 11.5 Å². The van der Waals surface area contributed by atoms with E-state index in [4.69, 9.17) is 4.74 Å². The summed E-state index contributed by atoms with van der Waals surface area (Å²) in [6.45, 7) is 4.16. The molecule has 0 spiro atoms. The van der Waals surface area contributed by atoms with E-state index < -0.39 is 0 Å². The molecule has 0 bridgehead atoms. The highest BCUT2D eigenvalue weighted by molar-refractivity contribution is 9.10. The van der Waals surface area contributed by atoms with Crippen molar-refractivity contribution in [2.45, 2.75) is 19.9 Å². The van der Waals surface area contributed by atoms with Crippen LogP contribution in [0.4, 0.5) is 0 Å². The molecule has 0 saturated carbocycles. The van der Waals surface area contributed by atoms with Crippen LogP contribution < -0.4 is 10.1 Å². The lowest BCUT2D eigenvalue weighted by molar-refractivity contribution is 0.465. The van der Waals surface area contributed by atoms with Gasteiger partial charge in [-0.3, -0.25) is 0 Å². The highest BCUT2D eigenvalue weighted by Gasteiger charge is 2.12. The molecule has 4 heteroatoms. The topological polar surface area (TPSA) is 21.3 Å². The monoisotopic (exact) mass is 397 g/mol. The first-order chi connectivity index (χ1) is 9.51. The van der Waals surface area contributed by atoms with Crippen LogP contribution in [-0.4, -0.2) is 7.05 Å². The maximum atomic E-state index is 6.06. The summed E-state index contributed by atoms with van der Waals surface area (Å²) < 4.78 is 8.15. The Bertz CT molecular complexity index is 613. The fourth-order valence-electron chi connectivity index (χ4n) is 1.92. The van der Waals surface area contributed by atoms with Gasteiger partial charge in [-0.25, -0.2) is 0 Å². The first-order valence-electron chi connectivity index (χ1n) is 6.42. The molecule has 0 heterocycles. The van der Waals surface area contributed by atoms with Gasteiger partial charge in [0.25, 0.3) is 0 Å². The van der Waals surface area contributed by atoms with Gasteiger partial charge in [0, 0.05) is 20.6 Å². The van der Waals surface area contributed by atoms with Crippen molar-refractivity contribution >= 4 is 31.9 Å². The van der Waals surface area contributed by atoms with E-state index in [1.807, 2.05) is 37.4 Å². The van der Waals surface area contributed by atoms with E-state index in [9.17, 15) is 0 Å². The predicted molar refractivity (Wildman–Crippen MR) is 90.6 cm³/mol. The third-order valence-electron chi connectivity index (χ3n) is 3.23. The molecule has 2 nitrogen and oxygen atoms in total. The molecule has 0 aromatic heterocycles. The van der Waals surface area contributed by atoms with E-state index in [-0.39, 0.29) is 6.04 Å². The van der Waals surface area contributed by atoms with E-state index in [0.29, 0.717) is 0 Å². The summed E-state index contributed by atoms with van der Waals surface area (Å²) in [4.78, 5) is 0. The molecule has 2 aromatic carbocycles. The number of nitrogens with one attached hydrogen (secondary N) is 1. The molecule has 106 valence electrons. The van der Waals surface area contributed by atoms with E-state index in [0.717, 1.165) is 31.6 Å². The first kappa shape index (κ1) is 15.5. The molecule has 20 heavy (non-hydrogen) atoms. The Balaban J connectivity index is 2.36. The van der Waals surface area contributed by atoms with E-state index in [1.54, 1.807) is 0 Å². The fraction of sp³-hybridized carbons (Fsp3) is 0.250. The molecule has 1 N–H and O–H groups in total. The van der Waals surface area contributed by atoms with Crippen LogP contribution in [-0.2, 0) is 0 Å². The van der Waals surface area contributed by atoms with E-state index in [2.05, 4.69) is 57.1 Å². The number of benzene rings is 2. The molecule has 0 amide bonds. The first-order valence-corrected chi connectivity index (χ1v) is 8.00. The SMILES string of the molecule is CNC(C)c1ccc(Br)cc1Oc1ccc(Br)c(C)c1. The van der Waals surface area contributed by atoms with Gasteiger partial charge in [-0.05, 0) is 56.8 Å². The highest BCUT2D eigenvalue weighted by atomic mass is 79.9. The van der Waals surface area contributed by atoms with Crippen molar-refractivity contribution in [3.63, 3.8) is 0 Å². The van der Waals surface area contributed by atoms with Crippen LogP contribution in [0, 0.1) is 6.92 Å². The van der Waals surface area contributed by atoms with Gasteiger partial charge in [0.2, 0.25) is 0 Å². The van der Waals surface area contributed by atoms with Gasteiger partial charge in [-0.1, -0.05) is 37.9 Å². The predicted octanol–water partition coefficient (Wildman–Crippen LogP) is 5.59. The van der Waals surface area contributed by atoms with Crippen LogP contribution in [0.3, 0.4) is 0 Å². The molecule has 1 atom stereocenters. The van der Waals surface area contributed by atoms with Crippen molar-refractivity contribution < 1.29 is 4.74 Å². The Hall–Kier alpha value is -0.840. The summed E-state index contributed by atoms with van der Waals surface area (Å²) >= 11 is 7.00. The minimum atomic E-state index is 0.231. The summed E-state index contributed by atoms with van der Waals surface area (Å²) in [5.41, 5.74) is 2.29. The third kappa shape index (κ3) is 3.62. The van der Waals surface area contributed by atoms with E-state index in [1.165, 1.54) is 0 Å². The lowest BCUT2D eigenvalue weighted by atomic mass is 10.1. The smallest absolute Gasteiger partial charge is 0.133 e. The van der Waals surface area contributed by atoms with Crippen LogP contribution in [0.25, 0.3) is 0 Å². The van der Waals surface area contributed by atoms with Crippen LogP contribution in [0.5, 0.6) is 11.5 Å². The zero-order valence-electron chi connectivity index (χ0n) is 11.7. The second-order valence-electron chi connectivity index (χ2n) is 4.71. The van der Waals surface area contributed by atoms with Gasteiger partial charge in [0.1, 0.15) is 11.5 Å². The van der Waals surface area contributed by atoms with Crippen LogP contribution >= 0.6 is 31.9 Å². The van der Waals surface area contributed by atoms with Gasteiger partial charge >= 0.3 is 0 Å². The summed E-state index contributed by atoms with van der Waals surface area (Å²) in [6, 6.07) is 12.3. The largest absolute Gasteiger partial charge is 0.457 e. The maximum Gasteiger partial charge on any atom is 0.133 e. The molecule has 2 aromatic rings. The number of hydrogen-bond donors (Lipinski definition) is 1. The maximum absolute atomic E-state index is 6.06. The Morgan fingerprint density at radius 2 is 1.85 bits per heavy atom. The zero-order chi connectivity index (χ0) is 14.7. The Morgan fingerprint density at radius 3 is 2.50 bits per heavy atom. The normalized spacial score (nSPS) is 12.2. The van der Waals surface area contributed by atoms with Gasteiger partial charge < -0.3 is 10.1 Å². The van der Waals surface area contributed by atoms with Crippen LogP contribution in [0.1, 0.15) is 24.1 Å². The van der Waals surface area contributed by atoms with Crippen LogP contribution in [0.2, 0.25) is 0 Å². The highest BCUT2D eigenvalue weighted by Crippen LogP contribution is 2.33. The molecule has 0 aliphatic heterocycles. The minimum absolute atomic E-state index is 0.231. The number of halogens is 2. The van der Waals surface area contributed by atoms with E-state index >= 15 is 0 Å². The van der Waals surface area contributed by atoms with Crippen molar-refractivity contribution in [1.29, 1.82) is 0 Å². The number of hydrogen-bond acceptors (Lipinski definition) is 2. The fourth-order valence-corrected chi connectivity index (χ4v) is 2.50. The lowest BCUT2D eigenvalue weighted by Gasteiger charge is -2.17. The standard InChI is InChI=1S/C16H17Br2NO/c1-10-8-13(5-7-15(10)18)20-16-9-12(17)4-6-14(16)11(2)19-3/h4-9,11,19H,1-3H3. The second kappa shape index (κ2) is 6.74. The number of ether oxygens (including phenoxy) is 1. The average Bonchev–Trinajstić information content (AvgIpc) is 2.42. The Labute approximate surface area is 136 Å². The van der Waals surface area contributed by atoms with Gasteiger partial charge in [-0.2, -0.15) is 0 Å². The van der Waals surface area contributed by atoms with Crippen molar-refractivity contribution in [1.82, 2.24) is 5.32 Å². The van der Waals surface area contributed by atoms with Gasteiger partial charge in [0.15, 0.2) is 0 Å². The summed E-state index contributed by atoms with van der Waals surface area (Å²) in [7, 11) is 1.94. The third-order valence-corrected chi connectivity index (χ3v) is 4.62. The molecular weight excluding hydrogens is 382 g/mol. The van der Waals surface area contributed by atoms with Crippen molar-refractivity contribution in [2.75, 3.05) is 7.05 Å². The zero-order valence-corrected chi connectivity index (χ0v) is 14.9. The molecule has 0 saturated heterocycles. The summed E-state index contributed by atoms with van der Waals surface area (Å²) in [6.07, 6.45) is 0. The number of aryl methyl sites for hydroxylation is 1. The van der Waals surface area contributed by atoms with Crippen molar-refractivity contribution in [2.24, 2.45) is 0 Å². The molecule has 0 radical (unpaired) electrons. The molecule has 1 unspecified atom stereocenters. The van der Waals surface area contributed by atoms with Gasteiger partial charge in [0.05, 0.1) is 0 Å². The van der Waals surface area contributed by atoms with Crippen molar-refractivity contribution in [3.05, 3.63) is 56.5 Å². The summed E-state index contributed by atoms with van der Waals surface area (Å²) in [5, 5.41) is 3.24. The number of rotatable bonds is 4. The molecule has 0 aliphatic rings. The summed E-state index contributed by atoms with van der Waals surface area (Å²) in [5.74, 6) is 1.70. The molecule has 0 aliphatic carbocycles. The molecular formula is C16H17Br2NO. The quantitative estimate of drug-likeness (QED) is 0.724. The Morgan fingerprint density at radius 1 is 1.10 bits per heavy atom. The molecule has 2 rings (SSSR count). The van der Waals surface area contributed by atoms with Gasteiger partial charge in [-0.15, -0.1) is 0 Å². The van der Waals surface area contributed by atoms with Crippen LogP contribution in [0.15, 0.2) is 45.3 Å². The lowest BCUT2D eigenvalue weighted by Crippen LogP contribution is -2.13. The second-order valence-corrected chi connectivity index (χ2v) is 6.48. The average molecular weight is 399 g/mol.